The average Bonchev–Trinajstić information content (AvgIpc) is 2.52. The molecule has 0 aliphatic carbocycles. The summed E-state index contributed by atoms with van der Waals surface area (Å²) in [6.45, 7) is 0.0671. The van der Waals surface area contributed by atoms with Crippen LogP contribution in [0.5, 0.6) is 5.75 Å². The minimum Gasteiger partial charge on any atom is -0.506 e. The maximum absolute atomic E-state index is 12.0. The number of aromatic nitrogens is 1. The van der Waals surface area contributed by atoms with Crippen molar-refractivity contribution in [2.24, 2.45) is 4.99 Å². The lowest BCUT2D eigenvalue weighted by Gasteiger charge is -2.21. The van der Waals surface area contributed by atoms with Crippen molar-refractivity contribution in [2.75, 3.05) is 19.8 Å². The van der Waals surface area contributed by atoms with Gasteiger partial charge in [-0.05, 0) is 19.1 Å². The number of hydrogen-bond donors (Lipinski definition) is 5. The van der Waals surface area contributed by atoms with Gasteiger partial charge in [0.05, 0.1) is 30.9 Å². The largest absolute Gasteiger partial charge is 0.506 e. The predicted octanol–water partition coefficient (Wildman–Crippen LogP) is -0.323. The smallest absolute Gasteiger partial charge is 0.261 e. The summed E-state index contributed by atoms with van der Waals surface area (Å²) in [5, 5.41) is 38.4. The molecule has 0 spiro atoms. The Bertz CT molecular complexity index is 754. The van der Waals surface area contributed by atoms with Gasteiger partial charge in [-0.15, -0.1) is 0 Å². The molecule has 7 heteroatoms. The summed E-state index contributed by atoms with van der Waals surface area (Å²) in [7, 11) is 0. The zero-order valence-electron chi connectivity index (χ0n) is 12.1. The van der Waals surface area contributed by atoms with Crippen LogP contribution in [-0.4, -0.2) is 57.0 Å². The third-order valence-electron chi connectivity index (χ3n) is 3.53. The normalized spacial score (nSPS) is 12.4. The van der Waals surface area contributed by atoms with Gasteiger partial charge in [-0.3, -0.25) is 9.79 Å². The van der Waals surface area contributed by atoms with Crippen LogP contribution in [0.1, 0.15) is 11.1 Å². The molecule has 1 aromatic heterocycles. The monoisotopic (exact) mass is 306 g/mol. The number of aromatic hydroxyl groups is 1. The molecule has 5 N–H and O–H groups in total. The van der Waals surface area contributed by atoms with Gasteiger partial charge in [0.1, 0.15) is 11.3 Å². The molecule has 0 amide bonds. The minimum absolute atomic E-state index is 0.0992. The molecule has 2 rings (SSSR count). The lowest BCUT2D eigenvalue weighted by Crippen LogP contribution is -2.40. The van der Waals surface area contributed by atoms with E-state index in [4.69, 9.17) is 0 Å². The Labute approximate surface area is 126 Å². The van der Waals surface area contributed by atoms with Crippen LogP contribution in [0.3, 0.4) is 0 Å². The van der Waals surface area contributed by atoms with Gasteiger partial charge in [-0.1, -0.05) is 11.6 Å². The second-order valence-corrected chi connectivity index (χ2v) is 5.22. The van der Waals surface area contributed by atoms with Gasteiger partial charge in [-0.25, -0.2) is 0 Å². The number of nitrogens with one attached hydrogen (secondary N) is 1. The quantitative estimate of drug-likeness (QED) is 0.484. The fraction of sp³-hybridized carbons (Fsp3) is 0.333. The molecule has 1 aromatic carbocycles. The third-order valence-corrected chi connectivity index (χ3v) is 3.53. The molecule has 0 aliphatic rings. The summed E-state index contributed by atoms with van der Waals surface area (Å²) in [6.07, 6.45) is 1.05. The van der Waals surface area contributed by atoms with Crippen molar-refractivity contribution in [1.82, 2.24) is 4.98 Å². The van der Waals surface area contributed by atoms with Gasteiger partial charge in [0.2, 0.25) is 0 Å². The van der Waals surface area contributed by atoms with Crippen molar-refractivity contribution in [3.05, 3.63) is 39.7 Å². The van der Waals surface area contributed by atoms with E-state index in [2.05, 4.69) is 9.98 Å². The van der Waals surface area contributed by atoms with E-state index in [-0.39, 0.29) is 11.3 Å². The lowest BCUT2D eigenvalue weighted by molar-refractivity contribution is 0.0718. The van der Waals surface area contributed by atoms with E-state index in [1.165, 1.54) is 0 Å². The van der Waals surface area contributed by atoms with Gasteiger partial charge in [0, 0.05) is 11.6 Å². The standard InChI is InChI=1S/C15H18N2O5/c1-9-2-3-12-10(4-9)13(21)11(14(22)17-12)5-16-15(6-18,7-19)8-20/h2-5,18-20H,6-8H2,1H3,(H2,17,21,22). The van der Waals surface area contributed by atoms with Gasteiger partial charge in [-0.2, -0.15) is 0 Å². The number of nitrogens with zero attached hydrogens (tertiary/aromatic N) is 1. The summed E-state index contributed by atoms with van der Waals surface area (Å²) in [5.41, 5.74) is -0.755. The number of aliphatic hydroxyl groups excluding tert-OH is 3. The first-order chi connectivity index (χ1) is 10.5. The van der Waals surface area contributed by atoms with Gasteiger partial charge in [0.25, 0.3) is 5.56 Å². The van der Waals surface area contributed by atoms with E-state index in [0.717, 1.165) is 11.8 Å². The number of aliphatic hydroxyl groups is 3. The summed E-state index contributed by atoms with van der Waals surface area (Å²) in [6, 6.07) is 5.21. The zero-order chi connectivity index (χ0) is 16.3. The molecule has 7 nitrogen and oxygen atoms in total. The first kappa shape index (κ1) is 16.2. The van der Waals surface area contributed by atoms with Crippen molar-refractivity contribution in [2.45, 2.75) is 12.5 Å². The third kappa shape index (κ3) is 2.87. The molecular weight excluding hydrogens is 288 g/mol. The Morgan fingerprint density at radius 2 is 1.86 bits per heavy atom. The highest BCUT2D eigenvalue weighted by molar-refractivity contribution is 5.95. The Kier molecular flexibility index (Phi) is 4.60. The number of aromatic amines is 1. The molecule has 0 bridgehead atoms. The molecule has 0 aliphatic heterocycles. The molecule has 2 aromatic rings. The van der Waals surface area contributed by atoms with Gasteiger partial charge >= 0.3 is 0 Å². The number of rotatable bonds is 5. The maximum atomic E-state index is 12.0. The van der Waals surface area contributed by atoms with E-state index in [1.807, 2.05) is 6.92 Å². The van der Waals surface area contributed by atoms with Crippen molar-refractivity contribution < 1.29 is 20.4 Å². The highest BCUT2D eigenvalue weighted by Crippen LogP contribution is 2.25. The summed E-state index contributed by atoms with van der Waals surface area (Å²) in [5.74, 6) is -0.242. The predicted molar refractivity (Wildman–Crippen MR) is 82.6 cm³/mol. The molecule has 0 saturated carbocycles. The summed E-state index contributed by atoms with van der Waals surface area (Å²) in [4.78, 5) is 18.5. The first-order valence-corrected chi connectivity index (χ1v) is 6.70. The maximum Gasteiger partial charge on any atom is 0.261 e. The van der Waals surface area contributed by atoms with Crippen molar-refractivity contribution >= 4 is 17.1 Å². The number of aliphatic imine (C=N–C) groups is 1. The van der Waals surface area contributed by atoms with E-state index < -0.39 is 30.9 Å². The fourth-order valence-electron chi connectivity index (χ4n) is 2.00. The zero-order valence-corrected chi connectivity index (χ0v) is 12.1. The number of hydrogen-bond acceptors (Lipinski definition) is 6. The fourth-order valence-corrected chi connectivity index (χ4v) is 2.00. The molecule has 0 fully saturated rings. The second-order valence-electron chi connectivity index (χ2n) is 5.22. The van der Waals surface area contributed by atoms with Gasteiger partial charge < -0.3 is 25.4 Å². The Morgan fingerprint density at radius 3 is 2.45 bits per heavy atom. The van der Waals surface area contributed by atoms with Crippen LogP contribution in [0.15, 0.2) is 28.0 Å². The highest BCUT2D eigenvalue weighted by atomic mass is 16.3. The van der Waals surface area contributed by atoms with E-state index in [1.54, 1.807) is 18.2 Å². The summed E-state index contributed by atoms with van der Waals surface area (Å²) >= 11 is 0. The topological polar surface area (TPSA) is 126 Å². The number of benzene rings is 1. The van der Waals surface area contributed by atoms with Crippen LogP contribution in [0.25, 0.3) is 10.9 Å². The first-order valence-electron chi connectivity index (χ1n) is 6.70. The number of aryl methyl sites for hydroxylation is 1. The van der Waals surface area contributed by atoms with Crippen LogP contribution >= 0.6 is 0 Å². The Hall–Kier alpha value is -2.22. The highest BCUT2D eigenvalue weighted by Gasteiger charge is 2.26. The molecular formula is C15H18N2O5. The second kappa shape index (κ2) is 6.27. The minimum atomic E-state index is -1.50. The van der Waals surface area contributed by atoms with Crippen molar-refractivity contribution in [1.29, 1.82) is 0 Å². The van der Waals surface area contributed by atoms with Crippen molar-refractivity contribution in [3.8, 4) is 5.75 Å². The van der Waals surface area contributed by atoms with Crippen LogP contribution in [0, 0.1) is 6.92 Å². The van der Waals surface area contributed by atoms with Crippen LogP contribution < -0.4 is 5.56 Å². The number of pyridine rings is 1. The van der Waals surface area contributed by atoms with Crippen LogP contribution in [-0.2, 0) is 0 Å². The molecule has 0 unspecified atom stereocenters. The molecule has 22 heavy (non-hydrogen) atoms. The van der Waals surface area contributed by atoms with E-state index in [9.17, 15) is 25.2 Å². The number of fused-ring (bicyclic) bond motifs is 1. The van der Waals surface area contributed by atoms with Crippen molar-refractivity contribution in [3.63, 3.8) is 0 Å². The van der Waals surface area contributed by atoms with Crippen LogP contribution in [0.2, 0.25) is 0 Å². The molecule has 0 atom stereocenters. The average molecular weight is 306 g/mol. The van der Waals surface area contributed by atoms with Gasteiger partial charge in [0.15, 0.2) is 0 Å². The van der Waals surface area contributed by atoms with E-state index >= 15 is 0 Å². The van der Waals surface area contributed by atoms with E-state index in [0.29, 0.717) is 10.9 Å². The Balaban J connectivity index is 2.59. The molecule has 0 radical (unpaired) electrons. The molecule has 0 saturated heterocycles. The SMILES string of the molecule is Cc1ccc2[nH]c(=O)c(C=NC(CO)(CO)CO)c(O)c2c1. The Morgan fingerprint density at radius 1 is 1.23 bits per heavy atom. The molecule has 1 heterocycles. The lowest BCUT2D eigenvalue weighted by atomic mass is 10.0. The number of H-pyrrole nitrogens is 1. The van der Waals surface area contributed by atoms with Crippen LogP contribution in [0.4, 0.5) is 0 Å². The summed E-state index contributed by atoms with van der Waals surface area (Å²) < 4.78 is 0. The molecule has 118 valence electrons.